The highest BCUT2D eigenvalue weighted by Gasteiger charge is 2.21. The molecule has 4 heterocycles. The van der Waals surface area contributed by atoms with Crippen LogP contribution in [0.2, 0.25) is 0 Å². The number of hydrogen-bond acceptors (Lipinski definition) is 10. The molecule has 13 heteroatoms. The molecule has 1 aliphatic rings. The number of hydrogen-bond donors (Lipinski definition) is 2. The summed E-state index contributed by atoms with van der Waals surface area (Å²) in [5.74, 6) is 0.643. The summed E-state index contributed by atoms with van der Waals surface area (Å²) in [4.78, 5) is 31.6. The number of nitrogens with zero attached hydrogens (tertiary/aromatic N) is 7. The van der Waals surface area contributed by atoms with Gasteiger partial charge < -0.3 is 25.0 Å². The molecule has 1 unspecified atom stereocenters. The maximum Gasteiger partial charge on any atom is 0.263 e. The van der Waals surface area contributed by atoms with Crippen molar-refractivity contribution >= 4 is 38.2 Å². The van der Waals surface area contributed by atoms with E-state index in [9.17, 15) is 13.2 Å². The van der Waals surface area contributed by atoms with Crippen molar-refractivity contribution in [3.05, 3.63) is 53.1 Å². The first kappa shape index (κ1) is 28.7. The summed E-state index contributed by atoms with van der Waals surface area (Å²) in [5, 5.41) is 7.29. The van der Waals surface area contributed by atoms with Crippen molar-refractivity contribution in [3.8, 4) is 11.4 Å². The lowest BCUT2D eigenvalue weighted by molar-refractivity contribution is 0.384. The third-order valence-electron chi connectivity index (χ3n) is 7.42. The lowest BCUT2D eigenvalue weighted by atomic mass is 10.1. The summed E-state index contributed by atoms with van der Waals surface area (Å²) in [7, 11) is 4.13. The van der Waals surface area contributed by atoms with Crippen LogP contribution < -0.4 is 21.1 Å². The quantitative estimate of drug-likeness (QED) is 0.304. The van der Waals surface area contributed by atoms with Crippen LogP contribution in [0, 0.1) is 0 Å². The van der Waals surface area contributed by atoms with Crippen molar-refractivity contribution in [1.29, 1.82) is 0 Å². The summed E-state index contributed by atoms with van der Waals surface area (Å²) >= 11 is 0. The lowest BCUT2D eigenvalue weighted by Gasteiger charge is -2.33. The zero-order chi connectivity index (χ0) is 29.3. The van der Waals surface area contributed by atoms with Crippen LogP contribution in [0.15, 0.2) is 52.5 Å². The first-order chi connectivity index (χ1) is 19.5. The fourth-order valence-electron chi connectivity index (χ4n) is 5.04. The summed E-state index contributed by atoms with van der Waals surface area (Å²) in [6.07, 6.45) is 6.52. The fourth-order valence-corrected chi connectivity index (χ4v) is 5.64. The van der Waals surface area contributed by atoms with Gasteiger partial charge in [-0.25, -0.2) is 18.4 Å². The molecule has 1 aliphatic heterocycles. The van der Waals surface area contributed by atoms with Gasteiger partial charge in [-0.2, -0.15) is 4.98 Å². The average Bonchev–Trinajstić information content (AvgIpc) is 3.34. The SMILES string of the molecule is CN(C)CCn1c(=O)c(-c2nc(S(C)(=O)=O)cn2C)cc2cnc(Nc3ccc(N(C)C4CCCNC4)cc3)nc21. The van der Waals surface area contributed by atoms with Crippen LogP contribution in [0.25, 0.3) is 22.4 Å². The van der Waals surface area contributed by atoms with E-state index in [1.54, 1.807) is 28.4 Å². The molecule has 0 radical (unpaired) electrons. The van der Waals surface area contributed by atoms with Gasteiger partial charge in [-0.3, -0.25) is 9.36 Å². The van der Waals surface area contributed by atoms with Gasteiger partial charge in [0.05, 0.1) is 5.56 Å². The van der Waals surface area contributed by atoms with Crippen LogP contribution >= 0.6 is 0 Å². The first-order valence-electron chi connectivity index (χ1n) is 13.6. The number of aryl methyl sites for hydroxylation is 1. The van der Waals surface area contributed by atoms with Crippen molar-refractivity contribution in [2.24, 2.45) is 7.05 Å². The van der Waals surface area contributed by atoms with Crippen LogP contribution in [0.4, 0.5) is 17.3 Å². The van der Waals surface area contributed by atoms with E-state index < -0.39 is 9.84 Å². The Kier molecular flexibility index (Phi) is 8.11. The molecule has 0 amide bonds. The number of pyridine rings is 1. The summed E-state index contributed by atoms with van der Waals surface area (Å²) in [5.41, 5.74) is 2.44. The van der Waals surface area contributed by atoms with Crippen LogP contribution in [-0.2, 0) is 23.4 Å². The monoisotopic (exact) mass is 579 g/mol. The summed E-state index contributed by atoms with van der Waals surface area (Å²) in [6, 6.07) is 10.3. The Morgan fingerprint density at radius 2 is 1.90 bits per heavy atom. The largest absolute Gasteiger partial charge is 0.370 e. The van der Waals surface area contributed by atoms with Gasteiger partial charge in [0, 0.05) is 75.2 Å². The van der Waals surface area contributed by atoms with E-state index in [1.165, 1.54) is 19.0 Å². The minimum atomic E-state index is -3.53. The van der Waals surface area contributed by atoms with Crippen molar-refractivity contribution < 1.29 is 8.42 Å². The molecule has 1 saturated heterocycles. The molecule has 0 spiro atoms. The van der Waals surface area contributed by atoms with Crippen LogP contribution in [0.3, 0.4) is 0 Å². The molecule has 12 nitrogen and oxygen atoms in total. The molecule has 5 rings (SSSR count). The van der Waals surface area contributed by atoms with E-state index in [0.29, 0.717) is 36.1 Å². The number of anilines is 3. The Labute approximate surface area is 240 Å². The maximum absolute atomic E-state index is 13.8. The van der Waals surface area contributed by atoms with Gasteiger partial charge in [-0.15, -0.1) is 0 Å². The second-order valence-electron chi connectivity index (χ2n) is 10.9. The minimum Gasteiger partial charge on any atom is -0.370 e. The molecule has 1 fully saturated rings. The van der Waals surface area contributed by atoms with E-state index in [0.717, 1.165) is 30.7 Å². The predicted molar refractivity (Wildman–Crippen MR) is 162 cm³/mol. The molecule has 4 aromatic rings. The molecule has 0 saturated carbocycles. The van der Waals surface area contributed by atoms with Crippen LogP contribution in [-0.4, -0.2) is 90.5 Å². The van der Waals surface area contributed by atoms with Crippen LogP contribution in [0.5, 0.6) is 0 Å². The Balaban J connectivity index is 1.48. The number of likely N-dealkylation sites (N-methyl/N-ethyl adjacent to an activating group) is 2. The van der Waals surface area contributed by atoms with E-state index in [4.69, 9.17) is 4.98 Å². The number of benzene rings is 1. The highest BCUT2D eigenvalue weighted by Crippen LogP contribution is 2.25. The van der Waals surface area contributed by atoms with Gasteiger partial charge in [-0.1, -0.05) is 0 Å². The number of nitrogens with one attached hydrogen (secondary N) is 2. The highest BCUT2D eigenvalue weighted by atomic mass is 32.2. The molecule has 2 N–H and O–H groups in total. The molecular formula is C28H37N9O3S. The van der Waals surface area contributed by atoms with Crippen molar-refractivity contribution in [2.75, 3.05) is 57.2 Å². The van der Waals surface area contributed by atoms with Gasteiger partial charge >= 0.3 is 0 Å². The smallest absolute Gasteiger partial charge is 0.263 e. The topological polar surface area (TPSA) is 130 Å². The number of imidazole rings is 1. The number of piperidine rings is 1. The Morgan fingerprint density at radius 1 is 1.15 bits per heavy atom. The number of aromatic nitrogens is 5. The van der Waals surface area contributed by atoms with Gasteiger partial charge in [0.1, 0.15) is 11.5 Å². The normalized spacial score (nSPS) is 15.9. The first-order valence-corrected chi connectivity index (χ1v) is 15.5. The molecule has 0 aliphatic carbocycles. The van der Waals surface area contributed by atoms with E-state index in [1.807, 2.05) is 31.1 Å². The Morgan fingerprint density at radius 3 is 2.54 bits per heavy atom. The molecule has 3 aromatic heterocycles. The third kappa shape index (κ3) is 6.26. The van der Waals surface area contributed by atoms with E-state index in [2.05, 4.69) is 44.7 Å². The zero-order valence-corrected chi connectivity index (χ0v) is 24.9. The van der Waals surface area contributed by atoms with Crippen molar-refractivity contribution in [1.82, 2.24) is 34.3 Å². The summed E-state index contributed by atoms with van der Waals surface area (Å²) in [6.45, 7) is 3.05. The predicted octanol–water partition coefficient (Wildman–Crippen LogP) is 2.09. The highest BCUT2D eigenvalue weighted by molar-refractivity contribution is 7.90. The van der Waals surface area contributed by atoms with E-state index >= 15 is 0 Å². The van der Waals surface area contributed by atoms with Gasteiger partial charge in [-0.05, 0) is 63.8 Å². The van der Waals surface area contributed by atoms with E-state index in [-0.39, 0.29) is 22.0 Å². The number of fused-ring (bicyclic) bond motifs is 1. The van der Waals surface area contributed by atoms with Gasteiger partial charge in [0.2, 0.25) is 5.95 Å². The standard InChI is InChI=1S/C28H37N9O3S/c1-34(2)13-14-37-25-19(15-23(27(37)38)26-32-24(18-35(26)3)41(5,39)40)16-30-28(33-25)31-20-8-10-21(11-9-20)36(4)22-7-6-12-29-17-22/h8-11,15-16,18,22,29H,6-7,12-14,17H2,1-5H3,(H,30,31,33). The molecule has 1 atom stereocenters. The van der Waals surface area contributed by atoms with Crippen molar-refractivity contribution in [2.45, 2.75) is 30.5 Å². The fraction of sp³-hybridized carbons (Fsp3) is 0.429. The molecule has 218 valence electrons. The molecule has 0 bridgehead atoms. The number of sulfone groups is 1. The van der Waals surface area contributed by atoms with Crippen LogP contribution in [0.1, 0.15) is 12.8 Å². The maximum atomic E-state index is 13.8. The minimum absolute atomic E-state index is 0.0854. The zero-order valence-electron chi connectivity index (χ0n) is 24.1. The van der Waals surface area contributed by atoms with Crippen molar-refractivity contribution in [3.63, 3.8) is 0 Å². The molecular weight excluding hydrogens is 542 g/mol. The second-order valence-corrected chi connectivity index (χ2v) is 12.8. The third-order valence-corrected chi connectivity index (χ3v) is 8.38. The lowest BCUT2D eigenvalue weighted by Crippen LogP contribution is -2.44. The van der Waals surface area contributed by atoms with Gasteiger partial charge in [0.15, 0.2) is 14.9 Å². The van der Waals surface area contributed by atoms with Gasteiger partial charge in [0.25, 0.3) is 5.56 Å². The Hall–Kier alpha value is -3.81. The Bertz CT molecular complexity index is 1710. The number of rotatable bonds is 9. The average molecular weight is 580 g/mol. The second kappa shape index (κ2) is 11.6. The summed E-state index contributed by atoms with van der Waals surface area (Å²) < 4.78 is 27.3. The molecule has 41 heavy (non-hydrogen) atoms. The molecule has 1 aromatic carbocycles.